The second kappa shape index (κ2) is 8.98. The predicted octanol–water partition coefficient (Wildman–Crippen LogP) is 0.391. The topological polar surface area (TPSA) is 124 Å². The van der Waals surface area contributed by atoms with E-state index in [0.717, 1.165) is 12.3 Å². The highest BCUT2D eigenvalue weighted by Gasteiger charge is 2.33. The smallest absolute Gasteiger partial charge is 0.293 e. The third-order valence-corrected chi connectivity index (χ3v) is 9.33. The van der Waals surface area contributed by atoms with Crippen molar-refractivity contribution < 1.29 is 21.8 Å². The number of nitrogens with zero attached hydrogens (tertiary/aromatic N) is 5. The van der Waals surface area contributed by atoms with E-state index in [1.54, 1.807) is 0 Å². The Kier molecular flexibility index (Phi) is 6.91. The van der Waals surface area contributed by atoms with Crippen molar-refractivity contribution in [3.63, 3.8) is 0 Å². The molecular formula is C18H29N5O6S2. The van der Waals surface area contributed by atoms with Gasteiger partial charge < -0.3 is 9.80 Å². The molecule has 0 radical (unpaired) electrons. The van der Waals surface area contributed by atoms with Gasteiger partial charge in [-0.05, 0) is 32.0 Å². The van der Waals surface area contributed by atoms with Gasteiger partial charge in [-0.2, -0.15) is 4.31 Å². The Morgan fingerprint density at radius 3 is 2.13 bits per heavy atom. The molecule has 3 rings (SSSR count). The number of nitro groups is 1. The average Bonchev–Trinajstić information content (AvgIpc) is 2.72. The molecule has 0 unspecified atom stereocenters. The van der Waals surface area contributed by atoms with Crippen LogP contribution in [0.3, 0.4) is 0 Å². The summed E-state index contributed by atoms with van der Waals surface area (Å²) in [6.07, 6.45) is 2.22. The summed E-state index contributed by atoms with van der Waals surface area (Å²) >= 11 is 0. The van der Waals surface area contributed by atoms with Gasteiger partial charge >= 0.3 is 0 Å². The van der Waals surface area contributed by atoms with Gasteiger partial charge in [0.05, 0.1) is 16.1 Å². The van der Waals surface area contributed by atoms with E-state index in [-0.39, 0.29) is 16.6 Å². The summed E-state index contributed by atoms with van der Waals surface area (Å²) < 4.78 is 52.2. The third-order valence-electron chi connectivity index (χ3n) is 6.09. The van der Waals surface area contributed by atoms with Crippen LogP contribution < -0.4 is 4.90 Å². The summed E-state index contributed by atoms with van der Waals surface area (Å²) in [5.41, 5.74) is 0.0907. The van der Waals surface area contributed by atoms with Crippen LogP contribution in [0.4, 0.5) is 11.4 Å². The number of sulfonamides is 2. The first-order valence-corrected chi connectivity index (χ1v) is 13.3. The third kappa shape index (κ3) is 5.17. The minimum Gasteiger partial charge on any atom is -0.366 e. The molecule has 11 nitrogen and oxygen atoms in total. The quantitative estimate of drug-likeness (QED) is 0.427. The van der Waals surface area contributed by atoms with Crippen LogP contribution in [0.5, 0.6) is 0 Å². The van der Waals surface area contributed by atoms with Crippen LogP contribution >= 0.6 is 0 Å². The molecule has 0 amide bonds. The number of rotatable bonds is 6. The second-order valence-corrected chi connectivity index (χ2v) is 12.1. The molecular weight excluding hydrogens is 446 g/mol. The maximum absolute atomic E-state index is 13.0. The number of hydrogen-bond donors (Lipinski definition) is 0. The summed E-state index contributed by atoms with van der Waals surface area (Å²) in [6, 6.07) is 3.88. The van der Waals surface area contributed by atoms with Gasteiger partial charge in [0.1, 0.15) is 5.69 Å². The van der Waals surface area contributed by atoms with Gasteiger partial charge in [0.15, 0.2) is 0 Å². The van der Waals surface area contributed by atoms with Crippen molar-refractivity contribution in [2.24, 2.45) is 0 Å². The monoisotopic (exact) mass is 475 g/mol. The maximum Gasteiger partial charge on any atom is 0.293 e. The van der Waals surface area contributed by atoms with Gasteiger partial charge in [0.25, 0.3) is 5.69 Å². The molecule has 2 aliphatic rings. The maximum atomic E-state index is 13.0. The zero-order valence-electron chi connectivity index (χ0n) is 18.0. The van der Waals surface area contributed by atoms with Gasteiger partial charge in [-0.1, -0.05) is 0 Å². The van der Waals surface area contributed by atoms with E-state index in [9.17, 15) is 26.9 Å². The molecule has 0 spiro atoms. The molecule has 2 aliphatic heterocycles. The number of likely N-dealkylation sites (N-methyl/N-ethyl adjacent to an activating group) is 1. The summed E-state index contributed by atoms with van der Waals surface area (Å²) in [5.74, 6) is 0. The standard InChI is InChI=1S/C18H29N5O6S2/c1-19-10-12-22(13-11-19)31(28,29)16-4-5-17(18(14-16)23(24)25)21-8-6-15(7-9-21)20(2)30(3,26)27/h4-5,14-15H,6-13H2,1-3H3. The molecule has 2 fully saturated rings. The Balaban J connectivity index is 1.81. The number of nitro benzene ring substituents is 1. The van der Waals surface area contributed by atoms with Crippen LogP contribution in [0.2, 0.25) is 0 Å². The highest BCUT2D eigenvalue weighted by Crippen LogP contribution is 2.34. The molecule has 31 heavy (non-hydrogen) atoms. The van der Waals surface area contributed by atoms with Crippen molar-refractivity contribution in [3.05, 3.63) is 28.3 Å². The number of hydrogen-bond acceptors (Lipinski definition) is 8. The average molecular weight is 476 g/mol. The van der Waals surface area contributed by atoms with Crippen molar-refractivity contribution >= 4 is 31.4 Å². The molecule has 1 aromatic rings. The molecule has 0 bridgehead atoms. The molecule has 0 aromatic heterocycles. The molecule has 0 saturated carbocycles. The van der Waals surface area contributed by atoms with Crippen molar-refractivity contribution in [1.82, 2.24) is 13.5 Å². The number of piperidine rings is 1. The second-order valence-electron chi connectivity index (χ2n) is 8.11. The SMILES string of the molecule is CN1CCN(S(=O)(=O)c2ccc(N3CCC(N(C)S(C)(=O)=O)CC3)c([N+](=O)[O-])c2)CC1. The fraction of sp³-hybridized carbons (Fsp3) is 0.667. The van der Waals surface area contributed by atoms with Gasteiger partial charge in [0, 0.05) is 58.4 Å². The summed E-state index contributed by atoms with van der Waals surface area (Å²) in [6.45, 7) is 2.78. The van der Waals surface area contributed by atoms with E-state index in [0.29, 0.717) is 57.8 Å². The van der Waals surface area contributed by atoms with Crippen LogP contribution in [0.15, 0.2) is 23.1 Å². The van der Waals surface area contributed by atoms with Crippen molar-refractivity contribution in [2.75, 3.05) is 64.5 Å². The van der Waals surface area contributed by atoms with Crippen molar-refractivity contribution in [3.8, 4) is 0 Å². The van der Waals surface area contributed by atoms with Gasteiger partial charge in [0.2, 0.25) is 20.0 Å². The zero-order chi connectivity index (χ0) is 23.0. The Labute approximate surface area is 183 Å². The molecule has 174 valence electrons. The highest BCUT2D eigenvalue weighted by atomic mass is 32.2. The summed E-state index contributed by atoms with van der Waals surface area (Å²) in [4.78, 5) is 14.9. The largest absolute Gasteiger partial charge is 0.366 e. The molecule has 1 aromatic carbocycles. The first-order valence-electron chi connectivity index (χ1n) is 10.1. The molecule has 0 aliphatic carbocycles. The van der Waals surface area contributed by atoms with Gasteiger partial charge in [-0.3, -0.25) is 10.1 Å². The van der Waals surface area contributed by atoms with Crippen LogP contribution in [-0.4, -0.2) is 101 Å². The Bertz CT molecular complexity index is 1030. The van der Waals surface area contributed by atoms with Crippen molar-refractivity contribution in [2.45, 2.75) is 23.8 Å². The highest BCUT2D eigenvalue weighted by molar-refractivity contribution is 7.89. The lowest BCUT2D eigenvalue weighted by Crippen LogP contribution is -2.47. The van der Waals surface area contributed by atoms with E-state index in [1.165, 1.54) is 27.8 Å². The molecule has 13 heteroatoms. The fourth-order valence-corrected chi connectivity index (χ4v) is 6.19. The van der Waals surface area contributed by atoms with E-state index in [1.807, 2.05) is 16.8 Å². The lowest BCUT2D eigenvalue weighted by atomic mass is 10.0. The lowest BCUT2D eigenvalue weighted by Gasteiger charge is -2.36. The first kappa shape index (κ1) is 23.9. The minimum absolute atomic E-state index is 0.0841. The van der Waals surface area contributed by atoms with E-state index in [4.69, 9.17) is 0 Å². The predicted molar refractivity (Wildman–Crippen MR) is 117 cm³/mol. The van der Waals surface area contributed by atoms with Gasteiger partial charge in [-0.15, -0.1) is 0 Å². The fourth-order valence-electron chi connectivity index (χ4n) is 4.00. The van der Waals surface area contributed by atoms with Gasteiger partial charge in [-0.25, -0.2) is 21.1 Å². The van der Waals surface area contributed by atoms with Crippen LogP contribution in [0.25, 0.3) is 0 Å². The number of piperazine rings is 1. The Morgan fingerprint density at radius 2 is 1.61 bits per heavy atom. The van der Waals surface area contributed by atoms with Crippen LogP contribution in [0.1, 0.15) is 12.8 Å². The molecule has 0 N–H and O–H groups in total. The molecule has 2 saturated heterocycles. The molecule has 0 atom stereocenters. The lowest BCUT2D eigenvalue weighted by molar-refractivity contribution is -0.384. The van der Waals surface area contributed by atoms with E-state index in [2.05, 4.69) is 0 Å². The summed E-state index contributed by atoms with van der Waals surface area (Å²) in [7, 11) is -3.67. The van der Waals surface area contributed by atoms with Crippen LogP contribution in [-0.2, 0) is 20.0 Å². The van der Waals surface area contributed by atoms with Crippen LogP contribution in [0, 0.1) is 10.1 Å². The van der Waals surface area contributed by atoms with E-state index < -0.39 is 25.0 Å². The normalized spacial score (nSPS) is 20.3. The molecule has 2 heterocycles. The zero-order valence-corrected chi connectivity index (χ0v) is 19.6. The summed E-state index contributed by atoms with van der Waals surface area (Å²) in [5, 5.41) is 11.7. The van der Waals surface area contributed by atoms with Crippen molar-refractivity contribution in [1.29, 1.82) is 0 Å². The minimum atomic E-state index is -3.82. The number of anilines is 1. The Hall–Kier alpha value is -1.80. The van der Waals surface area contributed by atoms with E-state index >= 15 is 0 Å². The number of benzene rings is 1. The first-order chi connectivity index (χ1) is 14.4. The Morgan fingerprint density at radius 1 is 1.03 bits per heavy atom.